The summed E-state index contributed by atoms with van der Waals surface area (Å²) in [6.45, 7) is 3.76. The van der Waals surface area contributed by atoms with Crippen molar-refractivity contribution in [2.75, 3.05) is 26.2 Å². The van der Waals surface area contributed by atoms with E-state index in [2.05, 4.69) is 28.2 Å². The third-order valence-corrected chi connectivity index (χ3v) is 8.72. The number of carbonyl (C=O) groups is 1. The molecular formula is C31H33ClFN3O. The van der Waals surface area contributed by atoms with E-state index in [4.69, 9.17) is 11.6 Å². The van der Waals surface area contributed by atoms with Gasteiger partial charge in [-0.25, -0.2) is 4.39 Å². The molecular weight excluding hydrogens is 485 g/mol. The number of carbonyl (C=O) groups excluding carboxylic acids is 1. The number of likely N-dealkylation sites (tertiary alicyclic amines) is 1. The molecule has 0 N–H and O–H groups in total. The number of benzene rings is 1. The molecule has 1 fully saturated rings. The SMILES string of the molecule is O=C(c1ccc(F)cc1)N1CCC2=CCCCC2=C1CCN1CCC(C2=CN=C3CC(Cl)=CC=C23)CC1. The van der Waals surface area contributed by atoms with Gasteiger partial charge in [-0.3, -0.25) is 9.79 Å². The standard InChI is InChI=1S/C31H33ClFN3O/c32-24-7-10-27-28(20-34-29(27)19-24)22-11-15-35(16-12-22)17-14-30-26-4-2-1-3-21(26)13-18-36(30)31(37)23-5-8-25(33)9-6-23/h3,5-10,20,22H,1-2,4,11-19H2. The number of hydrogen-bond acceptors (Lipinski definition) is 3. The van der Waals surface area contributed by atoms with E-state index < -0.39 is 0 Å². The highest BCUT2D eigenvalue weighted by Crippen LogP contribution is 2.39. The molecule has 0 aromatic heterocycles. The van der Waals surface area contributed by atoms with Crippen molar-refractivity contribution in [2.45, 2.75) is 51.4 Å². The number of nitrogens with zero attached hydrogens (tertiary/aromatic N) is 3. The number of piperidine rings is 1. The monoisotopic (exact) mass is 517 g/mol. The van der Waals surface area contributed by atoms with Crippen molar-refractivity contribution in [2.24, 2.45) is 10.9 Å². The number of hydrogen-bond donors (Lipinski definition) is 0. The van der Waals surface area contributed by atoms with Gasteiger partial charge in [0.05, 0.1) is 5.71 Å². The highest BCUT2D eigenvalue weighted by atomic mass is 35.5. The Morgan fingerprint density at radius 3 is 2.70 bits per heavy atom. The van der Waals surface area contributed by atoms with E-state index in [-0.39, 0.29) is 11.7 Å². The molecule has 0 saturated carbocycles. The van der Waals surface area contributed by atoms with Gasteiger partial charge in [0.2, 0.25) is 0 Å². The first-order valence-electron chi connectivity index (χ1n) is 13.6. The quantitative estimate of drug-likeness (QED) is 0.424. The van der Waals surface area contributed by atoms with Gasteiger partial charge in [0.25, 0.3) is 5.91 Å². The van der Waals surface area contributed by atoms with Crippen molar-refractivity contribution in [3.05, 3.63) is 93.1 Å². The van der Waals surface area contributed by atoms with Crippen molar-refractivity contribution in [1.82, 2.24) is 9.80 Å². The Hall–Kier alpha value is -2.76. The second kappa shape index (κ2) is 10.5. The van der Waals surface area contributed by atoms with Crippen LogP contribution in [-0.2, 0) is 0 Å². The molecule has 37 heavy (non-hydrogen) atoms. The lowest BCUT2D eigenvalue weighted by atomic mass is 9.83. The summed E-state index contributed by atoms with van der Waals surface area (Å²) >= 11 is 6.21. The Balaban J connectivity index is 1.13. The lowest BCUT2D eigenvalue weighted by Gasteiger charge is -2.38. The summed E-state index contributed by atoms with van der Waals surface area (Å²) in [5, 5.41) is 0.855. The summed E-state index contributed by atoms with van der Waals surface area (Å²) in [6.07, 6.45) is 16.7. The van der Waals surface area contributed by atoms with Gasteiger partial charge in [0.1, 0.15) is 5.82 Å². The smallest absolute Gasteiger partial charge is 0.258 e. The van der Waals surface area contributed by atoms with Crippen LogP contribution in [0.4, 0.5) is 4.39 Å². The summed E-state index contributed by atoms with van der Waals surface area (Å²) in [4.78, 5) is 22.7. The second-order valence-electron chi connectivity index (χ2n) is 10.7. The minimum absolute atomic E-state index is 0.00952. The van der Waals surface area contributed by atoms with Gasteiger partial charge in [0.15, 0.2) is 0 Å². The van der Waals surface area contributed by atoms with Gasteiger partial charge in [-0.1, -0.05) is 23.8 Å². The van der Waals surface area contributed by atoms with E-state index in [1.54, 1.807) is 12.1 Å². The van der Waals surface area contributed by atoms with E-state index >= 15 is 0 Å². The van der Waals surface area contributed by atoms with Crippen molar-refractivity contribution >= 4 is 23.2 Å². The van der Waals surface area contributed by atoms with Crippen LogP contribution in [-0.4, -0.2) is 47.6 Å². The zero-order valence-electron chi connectivity index (χ0n) is 21.2. The van der Waals surface area contributed by atoms with Crippen molar-refractivity contribution < 1.29 is 9.18 Å². The maximum atomic E-state index is 13.5. The lowest BCUT2D eigenvalue weighted by molar-refractivity contribution is 0.0789. The van der Waals surface area contributed by atoms with E-state index in [1.807, 2.05) is 11.0 Å². The maximum Gasteiger partial charge on any atom is 0.258 e. The van der Waals surface area contributed by atoms with Gasteiger partial charge in [0, 0.05) is 54.0 Å². The average Bonchev–Trinajstić information content (AvgIpc) is 3.35. The molecule has 3 aliphatic heterocycles. The van der Waals surface area contributed by atoms with E-state index in [9.17, 15) is 9.18 Å². The zero-order valence-corrected chi connectivity index (χ0v) is 21.9. The van der Waals surface area contributed by atoms with Gasteiger partial charge >= 0.3 is 0 Å². The molecule has 192 valence electrons. The molecule has 0 atom stereocenters. The molecule has 1 amide bonds. The highest BCUT2D eigenvalue weighted by molar-refractivity contribution is 6.32. The Morgan fingerprint density at radius 1 is 1.08 bits per heavy atom. The topological polar surface area (TPSA) is 35.9 Å². The molecule has 4 nitrogen and oxygen atoms in total. The molecule has 6 heteroatoms. The largest absolute Gasteiger partial charge is 0.311 e. The van der Waals surface area contributed by atoms with Gasteiger partial charge in [-0.05, 0) is 105 Å². The van der Waals surface area contributed by atoms with Crippen LogP contribution < -0.4 is 0 Å². The Bertz CT molecular complexity index is 1280. The molecule has 2 aliphatic carbocycles. The third kappa shape index (κ3) is 5.04. The average molecular weight is 518 g/mol. The fourth-order valence-electron chi connectivity index (χ4n) is 6.45. The Labute approximate surface area is 223 Å². The molecule has 0 unspecified atom stereocenters. The number of allylic oxidation sites excluding steroid dienone is 7. The van der Waals surface area contributed by atoms with Gasteiger partial charge in [-0.15, -0.1) is 0 Å². The molecule has 0 bridgehead atoms. The third-order valence-electron chi connectivity index (χ3n) is 8.47. The van der Waals surface area contributed by atoms with E-state index in [0.717, 1.165) is 81.7 Å². The van der Waals surface area contributed by atoms with Gasteiger partial charge < -0.3 is 9.80 Å². The Morgan fingerprint density at radius 2 is 1.89 bits per heavy atom. The minimum atomic E-state index is -0.314. The first-order valence-corrected chi connectivity index (χ1v) is 14.0. The number of aliphatic imine (C=N–C) groups is 1. The molecule has 5 aliphatic rings. The Kier molecular flexibility index (Phi) is 7.00. The fourth-order valence-corrected chi connectivity index (χ4v) is 6.64. The maximum absolute atomic E-state index is 13.5. The molecule has 3 heterocycles. The van der Waals surface area contributed by atoms with E-state index in [0.29, 0.717) is 18.0 Å². The van der Waals surface area contributed by atoms with Crippen LogP contribution in [0.25, 0.3) is 0 Å². The predicted octanol–water partition coefficient (Wildman–Crippen LogP) is 6.93. The summed E-state index contributed by atoms with van der Waals surface area (Å²) < 4.78 is 13.5. The minimum Gasteiger partial charge on any atom is -0.311 e. The molecule has 6 rings (SSSR count). The molecule has 1 aromatic carbocycles. The van der Waals surface area contributed by atoms with Crippen LogP contribution >= 0.6 is 11.6 Å². The van der Waals surface area contributed by atoms with Crippen LogP contribution in [0.15, 0.2) is 86.7 Å². The number of halogens is 2. The first kappa shape index (κ1) is 24.6. The number of fused-ring (bicyclic) bond motifs is 2. The molecule has 1 aromatic rings. The summed E-state index contributed by atoms with van der Waals surface area (Å²) in [7, 11) is 0. The predicted molar refractivity (Wildman–Crippen MR) is 147 cm³/mol. The highest BCUT2D eigenvalue weighted by Gasteiger charge is 2.32. The molecule has 0 spiro atoms. The summed E-state index contributed by atoms with van der Waals surface area (Å²) in [5.41, 5.74) is 8.31. The first-order chi connectivity index (χ1) is 18.1. The van der Waals surface area contributed by atoms with Crippen molar-refractivity contribution in [1.29, 1.82) is 0 Å². The normalized spacial score (nSPS) is 22.5. The fraction of sp³-hybridized carbons (Fsp3) is 0.419. The second-order valence-corrected chi connectivity index (χ2v) is 11.1. The molecule has 0 radical (unpaired) electrons. The zero-order chi connectivity index (χ0) is 25.4. The van der Waals surface area contributed by atoms with Crippen molar-refractivity contribution in [3.63, 3.8) is 0 Å². The van der Waals surface area contributed by atoms with Crippen LogP contribution in [0.3, 0.4) is 0 Å². The molecule has 1 saturated heterocycles. The van der Waals surface area contributed by atoms with Crippen LogP contribution in [0.5, 0.6) is 0 Å². The lowest BCUT2D eigenvalue weighted by Crippen LogP contribution is -2.39. The number of rotatable bonds is 5. The summed E-state index contributed by atoms with van der Waals surface area (Å²) in [6, 6.07) is 5.97. The van der Waals surface area contributed by atoms with Gasteiger partial charge in [-0.2, -0.15) is 0 Å². The van der Waals surface area contributed by atoms with Crippen LogP contribution in [0.2, 0.25) is 0 Å². The van der Waals surface area contributed by atoms with Crippen molar-refractivity contribution in [3.8, 4) is 0 Å². The van der Waals surface area contributed by atoms with Crippen LogP contribution in [0.1, 0.15) is 61.7 Å². The summed E-state index contributed by atoms with van der Waals surface area (Å²) in [5.74, 6) is 0.214. The number of amides is 1. The van der Waals surface area contributed by atoms with Crippen LogP contribution in [0, 0.1) is 11.7 Å². The van der Waals surface area contributed by atoms with E-state index in [1.165, 1.54) is 40.1 Å².